The van der Waals surface area contributed by atoms with Crippen molar-refractivity contribution in [3.8, 4) is 0 Å². The van der Waals surface area contributed by atoms with Crippen LogP contribution in [0.15, 0.2) is 12.3 Å². The third-order valence-electron chi connectivity index (χ3n) is 3.62. The van der Waals surface area contributed by atoms with E-state index < -0.39 is 5.60 Å². The van der Waals surface area contributed by atoms with Gasteiger partial charge in [-0.15, -0.1) is 0 Å². The Kier molecular flexibility index (Phi) is 4.85. The Labute approximate surface area is 137 Å². The summed E-state index contributed by atoms with van der Waals surface area (Å²) in [5.41, 5.74) is 1.53. The number of anilines is 1. The molecule has 0 spiro atoms. The molecule has 5 nitrogen and oxygen atoms in total. The van der Waals surface area contributed by atoms with Crippen LogP contribution in [0.4, 0.5) is 10.5 Å². The van der Waals surface area contributed by atoms with Crippen LogP contribution >= 0.6 is 11.6 Å². The molecule has 0 radical (unpaired) electrons. The van der Waals surface area contributed by atoms with E-state index in [1.807, 2.05) is 40.7 Å². The maximum absolute atomic E-state index is 12.2. The smallest absolute Gasteiger partial charge is 0.410 e. The van der Waals surface area contributed by atoms with E-state index in [1.165, 1.54) is 0 Å². The number of hydrogen-bond donors (Lipinski definition) is 0. The van der Waals surface area contributed by atoms with Gasteiger partial charge in [0.2, 0.25) is 0 Å². The standard InChI is InChI=1S/C16H24ClN3O2/c1-11-8-13(9-18-14(11)17)19-6-7-20(12(2)10-19)15(21)22-16(3,4)5/h8-9,12H,6-7,10H2,1-5H3/t12-/m0/s1. The van der Waals surface area contributed by atoms with Crippen LogP contribution in [0.1, 0.15) is 33.3 Å². The van der Waals surface area contributed by atoms with E-state index in [9.17, 15) is 4.79 Å². The second kappa shape index (κ2) is 6.32. The molecular weight excluding hydrogens is 302 g/mol. The zero-order chi connectivity index (χ0) is 16.5. The summed E-state index contributed by atoms with van der Waals surface area (Å²) in [6.07, 6.45) is 1.54. The lowest BCUT2D eigenvalue weighted by Crippen LogP contribution is -2.55. The van der Waals surface area contributed by atoms with Gasteiger partial charge in [0, 0.05) is 25.7 Å². The number of pyridine rings is 1. The molecule has 6 heteroatoms. The Morgan fingerprint density at radius 1 is 1.41 bits per heavy atom. The van der Waals surface area contributed by atoms with Gasteiger partial charge in [0.05, 0.1) is 11.9 Å². The fraction of sp³-hybridized carbons (Fsp3) is 0.625. The summed E-state index contributed by atoms with van der Waals surface area (Å²) in [5, 5.41) is 0.532. The largest absolute Gasteiger partial charge is 0.444 e. The molecular formula is C16H24ClN3O2. The summed E-state index contributed by atoms with van der Waals surface area (Å²) < 4.78 is 5.46. The summed E-state index contributed by atoms with van der Waals surface area (Å²) in [6, 6.07) is 2.12. The number of aryl methyl sites for hydroxylation is 1. The van der Waals surface area contributed by atoms with Crippen molar-refractivity contribution in [1.82, 2.24) is 9.88 Å². The molecule has 22 heavy (non-hydrogen) atoms. The van der Waals surface area contributed by atoms with Crippen LogP contribution in [0.2, 0.25) is 5.15 Å². The van der Waals surface area contributed by atoms with E-state index in [2.05, 4.69) is 9.88 Å². The van der Waals surface area contributed by atoms with Gasteiger partial charge in [-0.3, -0.25) is 0 Å². The van der Waals surface area contributed by atoms with Crippen LogP contribution in [0.25, 0.3) is 0 Å². The zero-order valence-electron chi connectivity index (χ0n) is 13.9. The Balaban J connectivity index is 2.03. The van der Waals surface area contributed by atoms with Gasteiger partial charge in [-0.2, -0.15) is 0 Å². The number of nitrogens with zero attached hydrogens (tertiary/aromatic N) is 3. The Morgan fingerprint density at radius 3 is 2.64 bits per heavy atom. The number of carbonyl (C=O) groups is 1. The first kappa shape index (κ1) is 16.9. The summed E-state index contributed by atoms with van der Waals surface area (Å²) >= 11 is 5.98. The van der Waals surface area contributed by atoms with Crippen LogP contribution in [0.5, 0.6) is 0 Å². The van der Waals surface area contributed by atoms with Crippen molar-refractivity contribution < 1.29 is 9.53 Å². The van der Waals surface area contributed by atoms with Crippen LogP contribution < -0.4 is 4.90 Å². The summed E-state index contributed by atoms with van der Waals surface area (Å²) in [5.74, 6) is 0. The van der Waals surface area contributed by atoms with Gasteiger partial charge in [-0.25, -0.2) is 9.78 Å². The summed E-state index contributed by atoms with van der Waals surface area (Å²) in [4.78, 5) is 20.4. The molecule has 1 saturated heterocycles. The van der Waals surface area contributed by atoms with Crippen LogP contribution in [-0.2, 0) is 4.74 Å². The number of hydrogen-bond acceptors (Lipinski definition) is 4. The van der Waals surface area contributed by atoms with E-state index in [1.54, 1.807) is 11.1 Å². The average Bonchev–Trinajstić information content (AvgIpc) is 2.39. The van der Waals surface area contributed by atoms with E-state index >= 15 is 0 Å². The average molecular weight is 326 g/mol. The molecule has 0 bridgehead atoms. The molecule has 1 atom stereocenters. The molecule has 2 rings (SSSR count). The van der Waals surface area contributed by atoms with Crippen molar-refractivity contribution >= 4 is 23.4 Å². The molecule has 1 aromatic rings. The molecule has 122 valence electrons. The van der Waals surface area contributed by atoms with E-state index in [0.29, 0.717) is 11.7 Å². The minimum atomic E-state index is -0.467. The fourth-order valence-corrected chi connectivity index (χ4v) is 2.60. The number of ether oxygens (including phenoxy) is 1. The number of rotatable bonds is 1. The predicted octanol–water partition coefficient (Wildman–Crippen LogP) is 3.49. The van der Waals surface area contributed by atoms with E-state index in [-0.39, 0.29) is 12.1 Å². The van der Waals surface area contributed by atoms with Crippen molar-refractivity contribution in [2.45, 2.75) is 46.3 Å². The van der Waals surface area contributed by atoms with Crippen LogP contribution in [0, 0.1) is 6.92 Å². The highest BCUT2D eigenvalue weighted by Gasteiger charge is 2.31. The van der Waals surface area contributed by atoms with Crippen molar-refractivity contribution in [2.24, 2.45) is 0 Å². The van der Waals surface area contributed by atoms with Gasteiger partial charge in [-0.1, -0.05) is 11.6 Å². The fourth-order valence-electron chi connectivity index (χ4n) is 2.50. The third-order valence-corrected chi connectivity index (χ3v) is 4.02. The Bertz CT molecular complexity index is 557. The molecule has 0 unspecified atom stereocenters. The SMILES string of the molecule is Cc1cc(N2CCN(C(=O)OC(C)(C)C)[C@@H](C)C2)cnc1Cl. The molecule has 0 aromatic carbocycles. The maximum atomic E-state index is 12.2. The monoisotopic (exact) mass is 325 g/mol. The van der Waals surface area contributed by atoms with Gasteiger partial charge in [0.15, 0.2) is 0 Å². The van der Waals surface area contributed by atoms with Crippen LogP contribution in [0.3, 0.4) is 0 Å². The van der Waals surface area contributed by atoms with E-state index in [4.69, 9.17) is 16.3 Å². The van der Waals surface area contributed by atoms with Gasteiger partial charge in [0.25, 0.3) is 0 Å². The number of piperazine rings is 1. The van der Waals surface area contributed by atoms with Gasteiger partial charge in [0.1, 0.15) is 10.8 Å². The molecule has 0 N–H and O–H groups in total. The molecule has 0 saturated carbocycles. The molecule has 2 heterocycles. The second-order valence-electron chi connectivity index (χ2n) is 6.77. The lowest BCUT2D eigenvalue weighted by atomic mass is 10.1. The Morgan fingerprint density at radius 2 is 2.09 bits per heavy atom. The normalized spacial score (nSPS) is 19.3. The molecule has 0 aliphatic carbocycles. The van der Waals surface area contributed by atoms with Crippen molar-refractivity contribution in [3.05, 3.63) is 23.0 Å². The highest BCUT2D eigenvalue weighted by Crippen LogP contribution is 2.23. The lowest BCUT2D eigenvalue weighted by molar-refractivity contribution is 0.0159. The minimum absolute atomic E-state index is 0.0829. The number of halogens is 1. The summed E-state index contributed by atoms with van der Waals surface area (Å²) in [6.45, 7) is 11.8. The first-order valence-corrected chi connectivity index (χ1v) is 7.92. The topological polar surface area (TPSA) is 45.7 Å². The minimum Gasteiger partial charge on any atom is -0.444 e. The van der Waals surface area contributed by atoms with Crippen molar-refractivity contribution in [3.63, 3.8) is 0 Å². The highest BCUT2D eigenvalue weighted by molar-refractivity contribution is 6.30. The van der Waals surface area contributed by atoms with Crippen LogP contribution in [-0.4, -0.2) is 47.3 Å². The molecule has 1 aliphatic rings. The number of amides is 1. The second-order valence-corrected chi connectivity index (χ2v) is 7.13. The van der Waals surface area contributed by atoms with Gasteiger partial charge < -0.3 is 14.5 Å². The molecule has 1 fully saturated rings. The number of aromatic nitrogens is 1. The predicted molar refractivity (Wildman–Crippen MR) is 88.6 cm³/mol. The van der Waals surface area contributed by atoms with Gasteiger partial charge >= 0.3 is 6.09 Å². The van der Waals surface area contributed by atoms with E-state index in [0.717, 1.165) is 24.3 Å². The van der Waals surface area contributed by atoms with Crippen molar-refractivity contribution in [1.29, 1.82) is 0 Å². The first-order valence-electron chi connectivity index (χ1n) is 7.54. The lowest BCUT2D eigenvalue weighted by Gasteiger charge is -2.41. The quantitative estimate of drug-likeness (QED) is 0.741. The highest BCUT2D eigenvalue weighted by atomic mass is 35.5. The Hall–Kier alpha value is -1.49. The van der Waals surface area contributed by atoms with Gasteiger partial charge in [-0.05, 0) is 46.2 Å². The molecule has 1 aromatic heterocycles. The third kappa shape index (κ3) is 4.03. The molecule has 1 amide bonds. The number of carbonyl (C=O) groups excluding carboxylic acids is 1. The maximum Gasteiger partial charge on any atom is 0.410 e. The molecule has 1 aliphatic heterocycles. The van der Waals surface area contributed by atoms with Crippen molar-refractivity contribution in [2.75, 3.05) is 24.5 Å². The first-order chi connectivity index (χ1) is 10.2. The zero-order valence-corrected chi connectivity index (χ0v) is 14.6. The summed E-state index contributed by atoms with van der Waals surface area (Å²) in [7, 11) is 0.